The summed E-state index contributed by atoms with van der Waals surface area (Å²) in [7, 11) is 0. The van der Waals surface area contributed by atoms with Gasteiger partial charge < -0.3 is 4.42 Å². The number of aromatic nitrogens is 1. The minimum atomic E-state index is 0.548. The minimum Gasteiger partial charge on any atom is -0.445 e. The van der Waals surface area contributed by atoms with Crippen molar-refractivity contribution < 1.29 is 9.21 Å². The molecule has 0 fully saturated rings. The maximum absolute atomic E-state index is 9.97. The molecule has 0 N–H and O–H groups in total. The molecule has 4 heteroatoms. The van der Waals surface area contributed by atoms with Gasteiger partial charge >= 0.3 is 0 Å². The van der Waals surface area contributed by atoms with Crippen LogP contribution in [0.2, 0.25) is 0 Å². The van der Waals surface area contributed by atoms with Crippen molar-refractivity contribution in [3.05, 3.63) is 36.7 Å². The van der Waals surface area contributed by atoms with E-state index in [4.69, 9.17) is 4.42 Å². The zero-order valence-electron chi connectivity index (χ0n) is 7.18. The fourth-order valence-corrected chi connectivity index (χ4v) is 1.10. The third kappa shape index (κ3) is 1.60. The van der Waals surface area contributed by atoms with Gasteiger partial charge in [-0.2, -0.15) is 4.99 Å². The van der Waals surface area contributed by atoms with Gasteiger partial charge in [0.15, 0.2) is 0 Å². The summed E-state index contributed by atoms with van der Waals surface area (Å²) >= 11 is 0. The average Bonchev–Trinajstić information content (AvgIpc) is 2.72. The molecule has 0 aliphatic rings. The smallest absolute Gasteiger partial charge is 0.240 e. The number of rotatable bonds is 2. The number of hydrogen-bond donors (Lipinski definition) is 0. The quantitative estimate of drug-likeness (QED) is 0.534. The van der Waals surface area contributed by atoms with Crippen LogP contribution in [0.25, 0.3) is 11.5 Å². The zero-order valence-corrected chi connectivity index (χ0v) is 7.18. The van der Waals surface area contributed by atoms with E-state index in [0.29, 0.717) is 11.6 Å². The Morgan fingerprint density at radius 1 is 1.29 bits per heavy atom. The second-order valence-corrected chi connectivity index (χ2v) is 2.59. The van der Waals surface area contributed by atoms with E-state index in [2.05, 4.69) is 9.98 Å². The van der Waals surface area contributed by atoms with Crippen LogP contribution in [0.4, 0.5) is 5.69 Å². The van der Waals surface area contributed by atoms with Crippen LogP contribution in [-0.2, 0) is 4.79 Å². The van der Waals surface area contributed by atoms with Gasteiger partial charge in [-0.25, -0.2) is 9.78 Å². The molecule has 14 heavy (non-hydrogen) atoms. The van der Waals surface area contributed by atoms with Crippen LogP contribution in [0.3, 0.4) is 0 Å². The summed E-state index contributed by atoms with van der Waals surface area (Å²) in [6.07, 6.45) is 4.56. The van der Waals surface area contributed by atoms with Gasteiger partial charge in [0.1, 0.15) is 6.26 Å². The summed E-state index contributed by atoms with van der Waals surface area (Å²) in [6.45, 7) is 0. The van der Waals surface area contributed by atoms with Crippen molar-refractivity contribution in [3.8, 4) is 11.5 Å². The van der Waals surface area contributed by atoms with E-state index in [1.165, 1.54) is 12.3 Å². The molecule has 0 aliphatic carbocycles. The highest BCUT2D eigenvalue weighted by Gasteiger charge is 2.00. The molecule has 0 unspecified atom stereocenters. The Balaban J connectivity index is 2.35. The van der Waals surface area contributed by atoms with Crippen molar-refractivity contribution in [2.24, 2.45) is 4.99 Å². The number of benzene rings is 1. The van der Waals surface area contributed by atoms with Crippen molar-refractivity contribution in [2.75, 3.05) is 0 Å². The third-order valence-electron chi connectivity index (χ3n) is 1.72. The lowest BCUT2D eigenvalue weighted by Crippen LogP contribution is -1.75. The maximum atomic E-state index is 9.97. The van der Waals surface area contributed by atoms with E-state index in [9.17, 15) is 4.79 Å². The Kier molecular flexibility index (Phi) is 2.21. The molecule has 2 rings (SSSR count). The number of isocyanates is 1. The molecule has 0 atom stereocenters. The molecular formula is C10H6N2O2. The number of nitrogens with zero attached hydrogens (tertiary/aromatic N) is 2. The van der Waals surface area contributed by atoms with Crippen LogP contribution < -0.4 is 0 Å². The molecule has 0 saturated heterocycles. The van der Waals surface area contributed by atoms with E-state index in [-0.39, 0.29) is 0 Å². The van der Waals surface area contributed by atoms with Crippen molar-refractivity contribution in [3.63, 3.8) is 0 Å². The first kappa shape index (κ1) is 8.41. The minimum absolute atomic E-state index is 0.548. The Morgan fingerprint density at radius 2 is 2.07 bits per heavy atom. The molecule has 1 aromatic carbocycles. The van der Waals surface area contributed by atoms with Gasteiger partial charge in [0.25, 0.3) is 0 Å². The van der Waals surface area contributed by atoms with Crippen molar-refractivity contribution in [2.45, 2.75) is 0 Å². The van der Waals surface area contributed by atoms with Crippen LogP contribution in [-0.4, -0.2) is 11.1 Å². The van der Waals surface area contributed by atoms with Crippen LogP contribution in [0.15, 0.2) is 46.1 Å². The van der Waals surface area contributed by atoms with Crippen molar-refractivity contribution in [1.82, 2.24) is 4.98 Å². The molecule has 0 amide bonds. The Bertz CT molecular complexity index is 453. The molecule has 0 bridgehead atoms. The fourth-order valence-electron chi connectivity index (χ4n) is 1.10. The summed E-state index contributed by atoms with van der Waals surface area (Å²) in [6, 6.07) is 6.96. The third-order valence-corrected chi connectivity index (χ3v) is 1.72. The van der Waals surface area contributed by atoms with Crippen molar-refractivity contribution in [1.29, 1.82) is 0 Å². The van der Waals surface area contributed by atoms with Gasteiger partial charge in [0, 0.05) is 5.56 Å². The first-order chi connectivity index (χ1) is 6.90. The molecule has 2 aromatic rings. The van der Waals surface area contributed by atoms with Crippen LogP contribution >= 0.6 is 0 Å². The monoisotopic (exact) mass is 186 g/mol. The normalized spacial score (nSPS) is 9.43. The lowest BCUT2D eigenvalue weighted by molar-refractivity contribution is 0.565. The summed E-state index contributed by atoms with van der Waals surface area (Å²) in [5.74, 6) is 0.548. The molecular weight excluding hydrogens is 180 g/mol. The molecule has 0 spiro atoms. The predicted octanol–water partition coefficient (Wildman–Crippen LogP) is 2.31. The van der Waals surface area contributed by atoms with E-state index in [0.717, 1.165) is 5.56 Å². The molecule has 4 nitrogen and oxygen atoms in total. The topological polar surface area (TPSA) is 55.5 Å². The SMILES string of the molecule is O=C=Nc1ccc(-c2ncco2)cc1. The maximum Gasteiger partial charge on any atom is 0.240 e. The molecule has 0 saturated carbocycles. The van der Waals surface area contributed by atoms with E-state index >= 15 is 0 Å². The Morgan fingerprint density at radius 3 is 2.64 bits per heavy atom. The molecule has 1 heterocycles. The van der Waals surface area contributed by atoms with E-state index in [1.54, 1.807) is 30.5 Å². The first-order valence-electron chi connectivity index (χ1n) is 3.98. The van der Waals surface area contributed by atoms with E-state index < -0.39 is 0 Å². The summed E-state index contributed by atoms with van der Waals surface area (Å²) < 4.78 is 5.10. The molecule has 68 valence electrons. The Hall–Kier alpha value is -2.19. The van der Waals surface area contributed by atoms with Crippen LogP contribution in [0.5, 0.6) is 0 Å². The summed E-state index contributed by atoms with van der Waals surface area (Å²) in [5.41, 5.74) is 1.41. The van der Waals surface area contributed by atoms with Crippen LogP contribution in [0.1, 0.15) is 0 Å². The lowest BCUT2D eigenvalue weighted by Gasteiger charge is -1.94. The van der Waals surface area contributed by atoms with Gasteiger partial charge in [-0.15, -0.1) is 0 Å². The van der Waals surface area contributed by atoms with Gasteiger partial charge in [-0.05, 0) is 24.3 Å². The van der Waals surface area contributed by atoms with Gasteiger partial charge in [-0.1, -0.05) is 0 Å². The second kappa shape index (κ2) is 3.68. The standard InChI is InChI=1S/C10H6N2O2/c13-7-12-9-3-1-8(2-4-9)10-11-5-6-14-10/h1-6H. The number of carbonyl (C=O) groups excluding carboxylic acids is 1. The zero-order chi connectivity index (χ0) is 9.80. The highest BCUT2D eigenvalue weighted by molar-refractivity contribution is 5.58. The largest absolute Gasteiger partial charge is 0.445 e. The highest BCUT2D eigenvalue weighted by Crippen LogP contribution is 2.20. The van der Waals surface area contributed by atoms with Crippen LogP contribution in [0, 0.1) is 0 Å². The van der Waals surface area contributed by atoms with E-state index in [1.807, 2.05) is 0 Å². The molecule has 0 aliphatic heterocycles. The lowest BCUT2D eigenvalue weighted by atomic mass is 10.2. The van der Waals surface area contributed by atoms with Gasteiger partial charge in [0.2, 0.25) is 12.0 Å². The average molecular weight is 186 g/mol. The molecule has 0 radical (unpaired) electrons. The Labute approximate surface area is 79.9 Å². The van der Waals surface area contributed by atoms with Gasteiger partial charge in [0.05, 0.1) is 11.9 Å². The second-order valence-electron chi connectivity index (χ2n) is 2.59. The fraction of sp³-hybridized carbons (Fsp3) is 0. The molecule has 1 aromatic heterocycles. The predicted molar refractivity (Wildman–Crippen MR) is 49.7 cm³/mol. The number of aliphatic imine (C=N–C) groups is 1. The summed E-state index contributed by atoms with van der Waals surface area (Å²) in [5, 5.41) is 0. The van der Waals surface area contributed by atoms with Gasteiger partial charge in [-0.3, -0.25) is 0 Å². The first-order valence-corrected chi connectivity index (χ1v) is 3.98. The number of oxazole rings is 1. The number of hydrogen-bond acceptors (Lipinski definition) is 4. The highest BCUT2D eigenvalue weighted by atomic mass is 16.3. The summed E-state index contributed by atoms with van der Waals surface area (Å²) in [4.78, 5) is 17.4. The van der Waals surface area contributed by atoms with Crippen molar-refractivity contribution >= 4 is 11.8 Å².